The van der Waals surface area contributed by atoms with Gasteiger partial charge in [-0.05, 0) is 6.07 Å². The molecule has 0 radical (unpaired) electrons. The molecule has 0 bridgehead atoms. The zero-order valence-corrected chi connectivity index (χ0v) is 15.8. The standard InChI is InChI=1S/C17H17ClF3N5O2/c1-24-7-6-23-15(24)26(9-12(14(22)27)25(2)16(26)28)8-10-4-3-5-11(13(10)18)17(19,20)21/h3-7,12H,8-9H2,1-2H3,(H-,22,27)/p+1. The Morgan fingerprint density at radius 1 is 1.39 bits per heavy atom. The van der Waals surface area contributed by atoms with Gasteiger partial charge >= 0.3 is 18.2 Å². The summed E-state index contributed by atoms with van der Waals surface area (Å²) in [5.74, 6) is -0.436. The number of quaternary nitrogens is 1. The van der Waals surface area contributed by atoms with Gasteiger partial charge in [0.1, 0.15) is 13.1 Å². The predicted octanol–water partition coefficient (Wildman–Crippen LogP) is 2.52. The van der Waals surface area contributed by atoms with Gasteiger partial charge < -0.3 is 5.73 Å². The van der Waals surface area contributed by atoms with Crippen LogP contribution >= 0.6 is 11.6 Å². The van der Waals surface area contributed by atoms with Gasteiger partial charge in [0.15, 0.2) is 6.04 Å². The van der Waals surface area contributed by atoms with E-state index in [-0.39, 0.29) is 24.6 Å². The van der Waals surface area contributed by atoms with E-state index in [0.29, 0.717) is 0 Å². The Morgan fingerprint density at radius 2 is 2.07 bits per heavy atom. The Labute approximate surface area is 163 Å². The Bertz CT molecular complexity index is 945. The summed E-state index contributed by atoms with van der Waals surface area (Å²) < 4.78 is 40.8. The van der Waals surface area contributed by atoms with Crippen LogP contribution in [-0.4, -0.2) is 46.0 Å². The van der Waals surface area contributed by atoms with Gasteiger partial charge in [-0.1, -0.05) is 23.7 Å². The summed E-state index contributed by atoms with van der Waals surface area (Å²) in [4.78, 5) is 30.4. The van der Waals surface area contributed by atoms with Crippen LogP contribution in [0.3, 0.4) is 0 Å². The molecule has 1 aromatic carbocycles. The maximum absolute atomic E-state index is 13.2. The number of rotatable bonds is 4. The van der Waals surface area contributed by atoms with Crippen LogP contribution in [0.1, 0.15) is 11.1 Å². The van der Waals surface area contributed by atoms with Crippen LogP contribution in [0, 0.1) is 0 Å². The molecular formula is C17H18ClF3N5O2+. The smallest absolute Gasteiger partial charge is 0.368 e. The van der Waals surface area contributed by atoms with Crippen molar-refractivity contribution in [1.82, 2.24) is 18.9 Å². The first-order valence-electron chi connectivity index (χ1n) is 8.25. The fraction of sp³-hybridized carbons (Fsp3) is 0.353. The molecule has 1 fully saturated rings. The Kier molecular flexibility index (Phi) is 4.88. The van der Waals surface area contributed by atoms with Crippen molar-refractivity contribution < 1.29 is 22.8 Å². The van der Waals surface area contributed by atoms with Crippen molar-refractivity contribution in [2.45, 2.75) is 18.8 Å². The molecule has 1 saturated heterocycles. The van der Waals surface area contributed by atoms with Crippen molar-refractivity contribution >= 4 is 29.5 Å². The van der Waals surface area contributed by atoms with Gasteiger partial charge in [-0.3, -0.25) is 14.3 Å². The number of hydrogen-bond donors (Lipinski definition) is 1. The van der Waals surface area contributed by atoms with Gasteiger partial charge in [0.25, 0.3) is 0 Å². The fourth-order valence-electron chi connectivity index (χ4n) is 3.56. The van der Waals surface area contributed by atoms with Crippen molar-refractivity contribution in [2.24, 2.45) is 12.8 Å². The monoisotopic (exact) mass is 416 g/mol. The van der Waals surface area contributed by atoms with E-state index in [1.807, 2.05) is 0 Å². The Balaban J connectivity index is 2.15. The van der Waals surface area contributed by atoms with E-state index in [4.69, 9.17) is 17.3 Å². The summed E-state index contributed by atoms with van der Waals surface area (Å²) in [6, 6.07) is 2.10. The molecule has 1 aromatic heterocycles. The Hall–Kier alpha value is -2.59. The fourth-order valence-corrected chi connectivity index (χ4v) is 3.86. The minimum Gasteiger partial charge on any atom is -0.368 e. The summed E-state index contributed by atoms with van der Waals surface area (Å²) in [5, 5.41) is -0.486. The SMILES string of the molecule is CN1C(=O)[N+](Cc2cccc(C(F)(F)F)c2Cl)(c2nccn2C)CC1C(N)=O. The summed E-state index contributed by atoms with van der Waals surface area (Å²) in [6.07, 6.45) is -1.56. The molecule has 2 unspecified atom stereocenters. The average molecular weight is 417 g/mol. The number of likely N-dealkylation sites (N-methyl/N-ethyl adjacent to an activating group) is 1. The lowest BCUT2D eigenvalue weighted by Crippen LogP contribution is -2.53. The molecule has 1 aliphatic heterocycles. The normalized spacial score (nSPS) is 22.7. The van der Waals surface area contributed by atoms with Gasteiger partial charge in [0.05, 0.1) is 16.8 Å². The molecular weight excluding hydrogens is 399 g/mol. The number of primary amides is 1. The van der Waals surface area contributed by atoms with Crippen molar-refractivity contribution in [3.8, 4) is 0 Å². The topological polar surface area (TPSA) is 81.2 Å². The molecule has 150 valence electrons. The largest absolute Gasteiger partial charge is 0.427 e. The molecule has 3 amide bonds. The molecule has 28 heavy (non-hydrogen) atoms. The van der Waals surface area contributed by atoms with Crippen LogP contribution in [0.15, 0.2) is 30.6 Å². The molecule has 1 aliphatic rings. The summed E-state index contributed by atoms with van der Waals surface area (Å²) in [5.41, 5.74) is 4.55. The van der Waals surface area contributed by atoms with E-state index in [0.717, 1.165) is 6.07 Å². The number of nitrogens with zero attached hydrogens (tertiary/aromatic N) is 4. The maximum Gasteiger partial charge on any atom is 0.427 e. The zero-order chi connectivity index (χ0) is 20.9. The number of alkyl halides is 3. The highest BCUT2D eigenvalue weighted by Gasteiger charge is 2.57. The zero-order valence-electron chi connectivity index (χ0n) is 15.1. The van der Waals surface area contributed by atoms with E-state index in [9.17, 15) is 22.8 Å². The first-order chi connectivity index (χ1) is 13.0. The minimum atomic E-state index is -4.64. The van der Waals surface area contributed by atoms with Crippen LogP contribution in [0.5, 0.6) is 0 Å². The first-order valence-corrected chi connectivity index (χ1v) is 8.63. The van der Waals surface area contributed by atoms with E-state index in [2.05, 4.69) is 4.98 Å². The minimum absolute atomic E-state index is 0.0674. The lowest BCUT2D eigenvalue weighted by molar-refractivity contribution is -0.137. The van der Waals surface area contributed by atoms with E-state index in [1.165, 1.54) is 30.3 Å². The number of hydrogen-bond acceptors (Lipinski definition) is 3. The number of halogens is 4. The number of nitrogens with two attached hydrogens (primary N) is 1. The third kappa shape index (κ3) is 3.12. The number of carbonyl (C=O) groups excluding carboxylic acids is 2. The molecule has 2 aromatic rings. The van der Waals surface area contributed by atoms with Crippen molar-refractivity contribution in [2.75, 3.05) is 13.6 Å². The molecule has 2 N–H and O–H groups in total. The third-order valence-corrected chi connectivity index (χ3v) is 5.40. The maximum atomic E-state index is 13.2. The van der Waals surface area contributed by atoms with Crippen molar-refractivity contribution in [3.05, 3.63) is 46.7 Å². The molecule has 0 saturated carbocycles. The number of benzene rings is 1. The van der Waals surface area contributed by atoms with Crippen LogP contribution < -0.4 is 10.2 Å². The highest BCUT2D eigenvalue weighted by molar-refractivity contribution is 6.32. The highest BCUT2D eigenvalue weighted by Crippen LogP contribution is 2.39. The number of aryl methyl sites for hydroxylation is 1. The molecule has 2 atom stereocenters. The Morgan fingerprint density at radius 3 is 2.57 bits per heavy atom. The second kappa shape index (κ2) is 6.78. The van der Waals surface area contributed by atoms with Gasteiger partial charge in [-0.25, -0.2) is 4.79 Å². The van der Waals surface area contributed by atoms with Crippen LogP contribution in [0.2, 0.25) is 5.02 Å². The van der Waals surface area contributed by atoms with Crippen LogP contribution in [0.4, 0.5) is 23.9 Å². The van der Waals surface area contributed by atoms with Crippen LogP contribution in [0.25, 0.3) is 0 Å². The quantitative estimate of drug-likeness (QED) is 0.778. The van der Waals surface area contributed by atoms with Gasteiger partial charge in [0, 0.05) is 25.9 Å². The van der Waals surface area contributed by atoms with E-state index < -0.39 is 39.2 Å². The molecule has 2 heterocycles. The van der Waals surface area contributed by atoms with Gasteiger partial charge in [0.2, 0.25) is 5.91 Å². The number of amides is 3. The van der Waals surface area contributed by atoms with E-state index in [1.54, 1.807) is 17.8 Å². The number of urea groups is 1. The number of imidazole rings is 1. The molecule has 11 heteroatoms. The molecule has 0 spiro atoms. The first kappa shape index (κ1) is 20.2. The number of carbonyl (C=O) groups is 2. The van der Waals surface area contributed by atoms with Crippen LogP contribution in [-0.2, 0) is 24.6 Å². The molecule has 0 aliphatic carbocycles. The third-order valence-electron chi connectivity index (χ3n) is 4.95. The molecule has 3 rings (SSSR count). The predicted molar refractivity (Wildman–Crippen MR) is 96.2 cm³/mol. The lowest BCUT2D eigenvalue weighted by atomic mass is 10.1. The number of aromatic nitrogens is 2. The molecule has 7 nitrogen and oxygen atoms in total. The highest BCUT2D eigenvalue weighted by atomic mass is 35.5. The van der Waals surface area contributed by atoms with Gasteiger partial charge in [-0.2, -0.15) is 22.6 Å². The van der Waals surface area contributed by atoms with Gasteiger partial charge in [-0.15, -0.1) is 0 Å². The van der Waals surface area contributed by atoms with Crippen molar-refractivity contribution in [3.63, 3.8) is 0 Å². The summed E-state index contributed by atoms with van der Waals surface area (Å²) >= 11 is 6.04. The summed E-state index contributed by atoms with van der Waals surface area (Å²) in [7, 11) is 3.08. The average Bonchev–Trinajstić information content (AvgIpc) is 3.13. The van der Waals surface area contributed by atoms with Crippen molar-refractivity contribution in [1.29, 1.82) is 0 Å². The second-order valence-corrected chi connectivity index (χ2v) is 7.11. The lowest BCUT2D eigenvalue weighted by Gasteiger charge is -2.29. The second-order valence-electron chi connectivity index (χ2n) is 6.73. The summed E-state index contributed by atoms with van der Waals surface area (Å²) in [6.45, 7) is -0.275. The van der Waals surface area contributed by atoms with E-state index >= 15 is 0 Å².